The fourth-order valence-electron chi connectivity index (χ4n) is 2.79. The van der Waals surface area contributed by atoms with Gasteiger partial charge in [0, 0.05) is 10.6 Å². The van der Waals surface area contributed by atoms with E-state index in [1.807, 2.05) is 25.1 Å². The minimum Gasteiger partial charge on any atom is -0.497 e. The quantitative estimate of drug-likeness (QED) is 0.413. The number of carbonyl (C=O) groups is 1. The highest BCUT2D eigenvalue weighted by atomic mass is 16.6. The average Bonchev–Trinajstić information content (AvgIpc) is 2.65. The van der Waals surface area contributed by atoms with Gasteiger partial charge in [-0.25, -0.2) is 4.79 Å². The second-order valence-electron chi connectivity index (χ2n) is 6.26. The fourth-order valence-corrected chi connectivity index (χ4v) is 2.79. The van der Waals surface area contributed by atoms with E-state index >= 15 is 0 Å². The number of aryl methyl sites for hydroxylation is 1. The van der Waals surface area contributed by atoms with Gasteiger partial charge in [-0.15, -0.1) is 0 Å². The molecule has 2 aromatic rings. The number of benzene rings is 2. The summed E-state index contributed by atoms with van der Waals surface area (Å²) in [5.41, 5.74) is 0.396. The van der Waals surface area contributed by atoms with E-state index in [0.29, 0.717) is 17.0 Å². The van der Waals surface area contributed by atoms with Crippen molar-refractivity contribution in [3.8, 4) is 5.75 Å². The van der Waals surface area contributed by atoms with Crippen molar-refractivity contribution in [1.29, 1.82) is 0 Å². The van der Waals surface area contributed by atoms with Crippen molar-refractivity contribution in [3.63, 3.8) is 0 Å². The number of nitro groups is 1. The van der Waals surface area contributed by atoms with E-state index in [9.17, 15) is 14.9 Å². The van der Waals surface area contributed by atoms with Gasteiger partial charge in [0.1, 0.15) is 5.75 Å². The SMILES string of the molecule is CCOC(=O)C(CNc1ccc(OC)cc1)(Cc1cccc(C)c1)[N+](=O)[O-]. The van der Waals surface area contributed by atoms with Gasteiger partial charge in [-0.05, 0) is 43.7 Å². The predicted octanol–water partition coefficient (Wildman–Crippen LogP) is 3.24. The fraction of sp³-hybridized carbons (Fsp3) is 0.350. The Balaban J connectivity index is 2.31. The molecule has 0 bridgehead atoms. The number of ether oxygens (including phenoxy) is 2. The number of methoxy groups -OCH3 is 1. The second-order valence-corrected chi connectivity index (χ2v) is 6.26. The van der Waals surface area contributed by atoms with Crippen LogP contribution in [0.1, 0.15) is 18.1 Å². The molecule has 0 fully saturated rings. The maximum Gasteiger partial charge on any atom is 0.387 e. The molecule has 1 unspecified atom stereocenters. The molecule has 0 radical (unpaired) electrons. The van der Waals surface area contributed by atoms with Crippen molar-refractivity contribution in [2.75, 3.05) is 25.6 Å². The van der Waals surface area contributed by atoms with Gasteiger partial charge in [-0.2, -0.15) is 0 Å². The summed E-state index contributed by atoms with van der Waals surface area (Å²) in [5, 5.41) is 15.0. The first-order valence-electron chi connectivity index (χ1n) is 8.66. The summed E-state index contributed by atoms with van der Waals surface area (Å²) in [7, 11) is 1.56. The third kappa shape index (κ3) is 4.97. The Morgan fingerprint density at radius 1 is 1.22 bits per heavy atom. The van der Waals surface area contributed by atoms with E-state index in [-0.39, 0.29) is 19.6 Å². The maximum absolute atomic E-state index is 12.6. The van der Waals surface area contributed by atoms with Crippen LogP contribution in [0.5, 0.6) is 5.75 Å². The lowest BCUT2D eigenvalue weighted by molar-refractivity contribution is -0.551. The Labute approximate surface area is 158 Å². The predicted molar refractivity (Wildman–Crippen MR) is 103 cm³/mol. The summed E-state index contributed by atoms with van der Waals surface area (Å²) in [6.07, 6.45) is -0.0658. The highest BCUT2D eigenvalue weighted by molar-refractivity contribution is 5.80. The standard InChI is InChI=1S/C20H24N2O5/c1-4-27-19(23)20(22(24)25,13-16-7-5-6-15(2)12-16)14-21-17-8-10-18(26-3)11-9-17/h5-12,21H,4,13-14H2,1-3H3. The highest BCUT2D eigenvalue weighted by Gasteiger charge is 2.52. The summed E-state index contributed by atoms with van der Waals surface area (Å²) in [5.74, 6) is -0.177. The normalized spacial score (nSPS) is 12.7. The summed E-state index contributed by atoms with van der Waals surface area (Å²) >= 11 is 0. The van der Waals surface area contributed by atoms with Crippen LogP contribution in [0.2, 0.25) is 0 Å². The first-order chi connectivity index (χ1) is 12.9. The van der Waals surface area contributed by atoms with Crippen molar-refractivity contribution >= 4 is 11.7 Å². The van der Waals surface area contributed by atoms with Crippen molar-refractivity contribution in [3.05, 3.63) is 69.8 Å². The Morgan fingerprint density at radius 3 is 2.48 bits per heavy atom. The van der Waals surface area contributed by atoms with Crippen molar-refractivity contribution in [2.24, 2.45) is 0 Å². The Bertz CT molecular complexity index is 791. The summed E-state index contributed by atoms with van der Waals surface area (Å²) in [6.45, 7) is 3.41. The highest BCUT2D eigenvalue weighted by Crippen LogP contribution is 2.23. The van der Waals surface area contributed by atoms with E-state index in [1.54, 1.807) is 44.4 Å². The lowest BCUT2D eigenvalue weighted by Gasteiger charge is -2.24. The number of nitrogens with one attached hydrogen (secondary N) is 1. The van der Waals surface area contributed by atoms with Crippen LogP contribution < -0.4 is 10.1 Å². The van der Waals surface area contributed by atoms with Crippen molar-refractivity contribution in [1.82, 2.24) is 0 Å². The minimum atomic E-state index is -1.93. The minimum absolute atomic E-state index is 0.0658. The average molecular weight is 372 g/mol. The van der Waals surface area contributed by atoms with Crippen LogP contribution in [0.25, 0.3) is 0 Å². The Kier molecular flexibility index (Phi) is 6.76. The van der Waals surface area contributed by atoms with Gasteiger partial charge in [-0.1, -0.05) is 29.8 Å². The number of nitrogens with zero attached hydrogens (tertiary/aromatic N) is 1. The summed E-state index contributed by atoms with van der Waals surface area (Å²) in [6, 6.07) is 14.3. The summed E-state index contributed by atoms with van der Waals surface area (Å²) in [4.78, 5) is 24.0. The number of hydrogen-bond donors (Lipinski definition) is 1. The third-order valence-electron chi connectivity index (χ3n) is 4.26. The molecule has 0 spiro atoms. The van der Waals surface area contributed by atoms with Gasteiger partial charge in [0.2, 0.25) is 0 Å². The molecule has 2 aromatic carbocycles. The topological polar surface area (TPSA) is 90.7 Å². The monoisotopic (exact) mass is 372 g/mol. The zero-order valence-electron chi connectivity index (χ0n) is 15.7. The molecule has 0 saturated carbocycles. The molecule has 1 N–H and O–H groups in total. The van der Waals surface area contributed by atoms with E-state index in [4.69, 9.17) is 9.47 Å². The van der Waals surface area contributed by atoms with E-state index < -0.39 is 16.4 Å². The molecular weight excluding hydrogens is 348 g/mol. The number of esters is 1. The molecule has 0 saturated heterocycles. The van der Waals surface area contributed by atoms with Gasteiger partial charge in [0.05, 0.1) is 26.7 Å². The van der Waals surface area contributed by atoms with Gasteiger partial charge < -0.3 is 14.8 Å². The van der Waals surface area contributed by atoms with Gasteiger partial charge in [-0.3, -0.25) is 10.1 Å². The first kappa shape index (κ1) is 20.2. The van der Waals surface area contributed by atoms with Crippen LogP contribution >= 0.6 is 0 Å². The number of carbonyl (C=O) groups excluding carboxylic acids is 1. The maximum atomic E-state index is 12.6. The molecule has 0 aromatic heterocycles. The van der Waals surface area contributed by atoms with Crippen LogP contribution in [-0.2, 0) is 16.0 Å². The first-order valence-corrected chi connectivity index (χ1v) is 8.66. The second kappa shape index (κ2) is 9.02. The van der Waals surface area contributed by atoms with Crippen LogP contribution in [0.4, 0.5) is 5.69 Å². The van der Waals surface area contributed by atoms with Crippen LogP contribution in [0, 0.1) is 17.0 Å². The molecule has 0 aliphatic carbocycles. The molecular formula is C20H24N2O5. The van der Waals surface area contributed by atoms with Crippen molar-refractivity contribution in [2.45, 2.75) is 25.8 Å². The molecule has 1 atom stereocenters. The Morgan fingerprint density at radius 2 is 1.93 bits per heavy atom. The largest absolute Gasteiger partial charge is 0.497 e. The number of anilines is 1. The Hall–Kier alpha value is -3.09. The molecule has 0 heterocycles. The number of hydrogen-bond acceptors (Lipinski definition) is 6. The number of rotatable bonds is 9. The third-order valence-corrected chi connectivity index (χ3v) is 4.26. The molecule has 7 heteroatoms. The lowest BCUT2D eigenvalue weighted by atomic mass is 9.90. The molecule has 7 nitrogen and oxygen atoms in total. The van der Waals surface area contributed by atoms with Gasteiger partial charge in [0.15, 0.2) is 0 Å². The zero-order valence-corrected chi connectivity index (χ0v) is 15.7. The van der Waals surface area contributed by atoms with Crippen LogP contribution in [0.3, 0.4) is 0 Å². The van der Waals surface area contributed by atoms with Crippen LogP contribution in [0.15, 0.2) is 48.5 Å². The molecule has 0 aliphatic heterocycles. The molecule has 0 aliphatic rings. The molecule has 2 rings (SSSR count). The van der Waals surface area contributed by atoms with Crippen molar-refractivity contribution < 1.29 is 19.2 Å². The summed E-state index contributed by atoms with van der Waals surface area (Å²) < 4.78 is 10.2. The van der Waals surface area contributed by atoms with Gasteiger partial charge >= 0.3 is 11.5 Å². The van der Waals surface area contributed by atoms with E-state index in [1.165, 1.54) is 0 Å². The van der Waals surface area contributed by atoms with Gasteiger partial charge in [0.25, 0.3) is 0 Å². The molecule has 27 heavy (non-hydrogen) atoms. The van der Waals surface area contributed by atoms with E-state index in [0.717, 1.165) is 5.56 Å². The lowest BCUT2D eigenvalue weighted by Crippen LogP contribution is -2.54. The molecule has 144 valence electrons. The molecule has 0 amide bonds. The smallest absolute Gasteiger partial charge is 0.387 e. The zero-order chi connectivity index (χ0) is 19.9. The van der Waals surface area contributed by atoms with E-state index in [2.05, 4.69) is 5.32 Å². The van der Waals surface area contributed by atoms with Crippen LogP contribution in [-0.4, -0.2) is 36.7 Å².